The van der Waals surface area contributed by atoms with Crippen LogP contribution in [0.4, 0.5) is 11.4 Å². The van der Waals surface area contributed by atoms with Gasteiger partial charge >= 0.3 is 5.97 Å². The Morgan fingerprint density at radius 2 is 1.95 bits per heavy atom. The molecule has 4 heteroatoms. The number of nitrogens with two attached hydrogens (primary N) is 1. The van der Waals surface area contributed by atoms with Gasteiger partial charge in [-0.3, -0.25) is 0 Å². The van der Waals surface area contributed by atoms with Crippen LogP contribution in [0.5, 0.6) is 0 Å². The Kier molecular flexibility index (Phi) is 6.19. The zero-order valence-corrected chi connectivity index (χ0v) is 11.9. The molecule has 0 amide bonds. The Morgan fingerprint density at radius 1 is 1.26 bits per heavy atom. The van der Waals surface area contributed by atoms with Crippen molar-refractivity contribution in [1.29, 1.82) is 0 Å². The summed E-state index contributed by atoms with van der Waals surface area (Å²) in [5.74, 6) is -0.930. The van der Waals surface area contributed by atoms with E-state index < -0.39 is 5.97 Å². The molecule has 0 unspecified atom stereocenters. The highest BCUT2D eigenvalue weighted by atomic mass is 16.4. The van der Waals surface area contributed by atoms with Gasteiger partial charge in [-0.15, -0.1) is 0 Å². The molecule has 0 spiro atoms. The summed E-state index contributed by atoms with van der Waals surface area (Å²) in [4.78, 5) is 13.2. The second kappa shape index (κ2) is 7.67. The fourth-order valence-corrected chi connectivity index (χ4v) is 2.13. The minimum absolute atomic E-state index is 0.274. The van der Waals surface area contributed by atoms with Gasteiger partial charge in [0.25, 0.3) is 0 Å². The van der Waals surface area contributed by atoms with E-state index >= 15 is 0 Å². The van der Waals surface area contributed by atoms with Crippen molar-refractivity contribution in [3.05, 3.63) is 23.8 Å². The number of carboxylic acid groups (broad SMARTS) is 1. The predicted octanol–water partition coefficient (Wildman–Crippen LogP) is 3.37. The van der Waals surface area contributed by atoms with Crippen LogP contribution < -0.4 is 10.6 Å². The monoisotopic (exact) mass is 264 g/mol. The highest BCUT2D eigenvalue weighted by molar-refractivity contribution is 5.95. The summed E-state index contributed by atoms with van der Waals surface area (Å²) >= 11 is 0. The summed E-state index contributed by atoms with van der Waals surface area (Å²) in [6.45, 7) is 3.06. The van der Waals surface area contributed by atoms with Crippen LogP contribution in [0.2, 0.25) is 0 Å². The number of anilines is 2. The summed E-state index contributed by atoms with van der Waals surface area (Å²) in [6, 6.07) is 5.05. The van der Waals surface area contributed by atoms with E-state index in [4.69, 9.17) is 5.73 Å². The van der Waals surface area contributed by atoms with E-state index in [1.807, 2.05) is 11.9 Å². The Labute approximate surface area is 115 Å². The average molecular weight is 264 g/mol. The third-order valence-electron chi connectivity index (χ3n) is 3.26. The van der Waals surface area contributed by atoms with Crippen LogP contribution in [0, 0.1) is 0 Å². The fourth-order valence-electron chi connectivity index (χ4n) is 2.13. The topological polar surface area (TPSA) is 66.6 Å². The molecule has 4 nitrogen and oxygen atoms in total. The maximum atomic E-state index is 11.2. The van der Waals surface area contributed by atoms with Gasteiger partial charge in [0.2, 0.25) is 0 Å². The summed E-state index contributed by atoms with van der Waals surface area (Å²) < 4.78 is 0. The molecule has 3 N–H and O–H groups in total. The van der Waals surface area contributed by atoms with E-state index in [2.05, 4.69) is 6.92 Å². The predicted molar refractivity (Wildman–Crippen MR) is 79.8 cm³/mol. The Balaban J connectivity index is 2.61. The second-order valence-corrected chi connectivity index (χ2v) is 4.92. The van der Waals surface area contributed by atoms with Gasteiger partial charge in [-0.2, -0.15) is 0 Å². The molecule has 1 rings (SSSR count). The summed E-state index contributed by atoms with van der Waals surface area (Å²) in [6.07, 6.45) is 6.02. The van der Waals surface area contributed by atoms with Crippen LogP contribution >= 0.6 is 0 Å². The molecule has 19 heavy (non-hydrogen) atoms. The van der Waals surface area contributed by atoms with E-state index in [0.29, 0.717) is 5.69 Å². The van der Waals surface area contributed by atoms with Gasteiger partial charge in [-0.1, -0.05) is 32.6 Å². The molecule has 0 atom stereocenters. The van der Waals surface area contributed by atoms with Crippen LogP contribution in [0.3, 0.4) is 0 Å². The van der Waals surface area contributed by atoms with E-state index in [1.54, 1.807) is 12.1 Å². The highest BCUT2D eigenvalue weighted by Gasteiger charge is 2.13. The van der Waals surface area contributed by atoms with Crippen molar-refractivity contribution >= 4 is 17.3 Å². The maximum Gasteiger partial charge on any atom is 0.337 e. The van der Waals surface area contributed by atoms with Crippen molar-refractivity contribution in [2.45, 2.75) is 39.0 Å². The molecule has 0 aliphatic rings. The highest BCUT2D eigenvalue weighted by Crippen LogP contribution is 2.22. The van der Waals surface area contributed by atoms with E-state index in [-0.39, 0.29) is 5.56 Å². The molecule has 0 fully saturated rings. The molecular weight excluding hydrogens is 240 g/mol. The normalized spacial score (nSPS) is 10.4. The molecular formula is C15H24N2O2. The lowest BCUT2D eigenvalue weighted by Crippen LogP contribution is -2.21. The zero-order chi connectivity index (χ0) is 14.3. The third kappa shape index (κ3) is 4.81. The van der Waals surface area contributed by atoms with E-state index in [9.17, 15) is 9.90 Å². The molecule has 0 bridgehead atoms. The fraction of sp³-hybridized carbons (Fsp3) is 0.533. The second-order valence-electron chi connectivity index (χ2n) is 4.92. The lowest BCUT2D eigenvalue weighted by atomic mass is 10.1. The van der Waals surface area contributed by atoms with Crippen molar-refractivity contribution in [3.63, 3.8) is 0 Å². The number of hydrogen-bond acceptors (Lipinski definition) is 3. The lowest BCUT2D eigenvalue weighted by molar-refractivity contribution is 0.0697. The van der Waals surface area contributed by atoms with E-state index in [0.717, 1.165) is 18.7 Å². The summed E-state index contributed by atoms with van der Waals surface area (Å²) in [5.41, 5.74) is 7.13. The molecule has 0 radical (unpaired) electrons. The molecule has 0 heterocycles. The number of aromatic carboxylic acids is 1. The number of rotatable bonds is 8. The standard InChI is InChI=1S/C15H24N2O2/c1-3-4-5-6-7-10-17(2)14-9-8-12(16)11-13(14)15(18)19/h8-9,11H,3-7,10,16H2,1-2H3,(H,18,19). The number of nitrogen functional groups attached to an aromatic ring is 1. The minimum atomic E-state index is -0.930. The first-order valence-electron chi connectivity index (χ1n) is 6.90. The first kappa shape index (κ1) is 15.3. The van der Waals surface area contributed by atoms with Crippen molar-refractivity contribution < 1.29 is 9.90 Å². The number of nitrogens with zero attached hydrogens (tertiary/aromatic N) is 1. The molecule has 0 aliphatic carbocycles. The van der Waals surface area contributed by atoms with Gasteiger partial charge in [0, 0.05) is 19.3 Å². The Bertz CT molecular complexity index is 419. The zero-order valence-electron chi connectivity index (χ0n) is 11.9. The number of unbranched alkanes of at least 4 members (excludes halogenated alkanes) is 4. The third-order valence-corrected chi connectivity index (χ3v) is 3.26. The van der Waals surface area contributed by atoms with E-state index in [1.165, 1.54) is 31.7 Å². The van der Waals surface area contributed by atoms with Crippen LogP contribution in [-0.2, 0) is 0 Å². The van der Waals surface area contributed by atoms with Gasteiger partial charge in [0.05, 0.1) is 11.3 Å². The van der Waals surface area contributed by atoms with Crippen LogP contribution in [0.15, 0.2) is 18.2 Å². The van der Waals surface area contributed by atoms with Crippen LogP contribution in [0.1, 0.15) is 49.4 Å². The number of carboxylic acids is 1. The molecule has 1 aromatic carbocycles. The molecule has 1 aromatic rings. The number of hydrogen-bond donors (Lipinski definition) is 2. The first-order valence-corrected chi connectivity index (χ1v) is 6.90. The average Bonchev–Trinajstić information content (AvgIpc) is 2.38. The number of benzene rings is 1. The molecule has 0 aromatic heterocycles. The maximum absolute atomic E-state index is 11.2. The van der Waals surface area contributed by atoms with Gasteiger partial charge < -0.3 is 15.7 Å². The Morgan fingerprint density at radius 3 is 2.58 bits per heavy atom. The van der Waals surface area contributed by atoms with Gasteiger partial charge in [0.1, 0.15) is 0 Å². The van der Waals surface area contributed by atoms with Gasteiger partial charge in [-0.05, 0) is 24.6 Å². The quantitative estimate of drug-likeness (QED) is 0.558. The first-order chi connectivity index (χ1) is 9.06. The molecule has 106 valence electrons. The largest absolute Gasteiger partial charge is 0.478 e. The molecule has 0 saturated heterocycles. The summed E-state index contributed by atoms with van der Waals surface area (Å²) in [7, 11) is 1.93. The SMILES string of the molecule is CCCCCCCN(C)c1ccc(N)cc1C(=O)O. The van der Waals surface area contributed by atoms with Gasteiger partial charge in [-0.25, -0.2) is 4.79 Å². The molecule has 0 aliphatic heterocycles. The smallest absolute Gasteiger partial charge is 0.337 e. The lowest BCUT2D eigenvalue weighted by Gasteiger charge is -2.21. The van der Waals surface area contributed by atoms with Crippen molar-refractivity contribution in [2.24, 2.45) is 0 Å². The van der Waals surface area contributed by atoms with Crippen LogP contribution in [-0.4, -0.2) is 24.7 Å². The van der Waals surface area contributed by atoms with Crippen molar-refractivity contribution in [1.82, 2.24) is 0 Å². The minimum Gasteiger partial charge on any atom is -0.478 e. The van der Waals surface area contributed by atoms with Crippen molar-refractivity contribution in [2.75, 3.05) is 24.2 Å². The van der Waals surface area contributed by atoms with Crippen molar-refractivity contribution in [3.8, 4) is 0 Å². The number of carbonyl (C=O) groups is 1. The Hall–Kier alpha value is -1.71. The van der Waals surface area contributed by atoms with Crippen LogP contribution in [0.25, 0.3) is 0 Å². The molecule has 0 saturated carbocycles. The summed E-state index contributed by atoms with van der Waals surface area (Å²) in [5, 5.41) is 9.20. The van der Waals surface area contributed by atoms with Gasteiger partial charge in [0.15, 0.2) is 0 Å².